The van der Waals surface area contributed by atoms with E-state index >= 15 is 0 Å². The molecule has 0 aliphatic heterocycles. The maximum absolute atomic E-state index is 11.4. The van der Waals surface area contributed by atoms with Gasteiger partial charge in [-0.15, -0.1) is 0 Å². The van der Waals surface area contributed by atoms with E-state index in [1.54, 1.807) is 19.4 Å². The van der Waals surface area contributed by atoms with E-state index in [-0.39, 0.29) is 5.75 Å². The molecule has 0 unspecified atom stereocenters. The lowest BCUT2D eigenvalue weighted by atomic mass is 10.3. The molecule has 92 valence electrons. The van der Waals surface area contributed by atoms with Gasteiger partial charge in [-0.1, -0.05) is 0 Å². The SMILES string of the molecule is CNCCS(=O)(=O)NCCCc1ncc[nH]1. The summed E-state index contributed by atoms with van der Waals surface area (Å²) in [6.07, 6.45) is 4.94. The second-order valence-electron chi connectivity index (χ2n) is 3.46. The van der Waals surface area contributed by atoms with Crippen LogP contribution in [0.5, 0.6) is 0 Å². The number of aryl methyl sites for hydroxylation is 1. The van der Waals surface area contributed by atoms with Gasteiger partial charge in [-0.3, -0.25) is 0 Å². The van der Waals surface area contributed by atoms with Crippen LogP contribution in [0.1, 0.15) is 12.2 Å². The highest BCUT2D eigenvalue weighted by Crippen LogP contribution is 1.94. The minimum atomic E-state index is -3.13. The van der Waals surface area contributed by atoms with Crippen molar-refractivity contribution in [1.29, 1.82) is 0 Å². The highest BCUT2D eigenvalue weighted by molar-refractivity contribution is 7.89. The molecule has 16 heavy (non-hydrogen) atoms. The molecule has 3 N–H and O–H groups in total. The molecule has 7 heteroatoms. The summed E-state index contributed by atoms with van der Waals surface area (Å²) in [5, 5.41) is 2.80. The quantitative estimate of drug-likeness (QED) is 0.539. The van der Waals surface area contributed by atoms with Gasteiger partial charge >= 0.3 is 0 Å². The number of nitrogens with zero attached hydrogens (tertiary/aromatic N) is 1. The fourth-order valence-electron chi connectivity index (χ4n) is 1.23. The van der Waals surface area contributed by atoms with E-state index in [2.05, 4.69) is 20.0 Å². The van der Waals surface area contributed by atoms with Gasteiger partial charge in [-0.2, -0.15) is 0 Å². The van der Waals surface area contributed by atoms with E-state index in [1.165, 1.54) is 0 Å². The van der Waals surface area contributed by atoms with Crippen molar-refractivity contribution in [3.8, 4) is 0 Å². The Morgan fingerprint density at radius 3 is 2.88 bits per heavy atom. The van der Waals surface area contributed by atoms with Crippen molar-refractivity contribution in [2.75, 3.05) is 25.9 Å². The van der Waals surface area contributed by atoms with Crippen LogP contribution in [-0.2, 0) is 16.4 Å². The van der Waals surface area contributed by atoms with Gasteiger partial charge in [0.1, 0.15) is 5.82 Å². The number of H-pyrrole nitrogens is 1. The largest absolute Gasteiger partial charge is 0.349 e. The molecule has 0 aromatic carbocycles. The lowest BCUT2D eigenvalue weighted by Gasteiger charge is -2.05. The minimum absolute atomic E-state index is 0.115. The summed E-state index contributed by atoms with van der Waals surface area (Å²) < 4.78 is 25.3. The van der Waals surface area contributed by atoms with Crippen molar-refractivity contribution in [2.24, 2.45) is 0 Å². The fourth-order valence-corrected chi connectivity index (χ4v) is 2.30. The maximum Gasteiger partial charge on any atom is 0.212 e. The van der Waals surface area contributed by atoms with Gasteiger partial charge in [-0.25, -0.2) is 18.1 Å². The van der Waals surface area contributed by atoms with E-state index in [4.69, 9.17) is 0 Å². The summed E-state index contributed by atoms with van der Waals surface area (Å²) in [6, 6.07) is 0. The number of hydrogen-bond acceptors (Lipinski definition) is 4. The molecule has 0 atom stereocenters. The molecule has 1 heterocycles. The molecule has 0 aliphatic rings. The molecule has 0 bridgehead atoms. The van der Waals surface area contributed by atoms with Crippen molar-refractivity contribution in [3.63, 3.8) is 0 Å². The van der Waals surface area contributed by atoms with Crippen molar-refractivity contribution < 1.29 is 8.42 Å². The number of imidazole rings is 1. The third-order valence-corrected chi connectivity index (χ3v) is 3.47. The topological polar surface area (TPSA) is 86.9 Å². The Morgan fingerprint density at radius 1 is 1.44 bits per heavy atom. The summed E-state index contributed by atoms with van der Waals surface area (Å²) in [7, 11) is -1.40. The third-order valence-electron chi connectivity index (χ3n) is 2.09. The van der Waals surface area contributed by atoms with Crippen LogP contribution in [0.15, 0.2) is 12.4 Å². The van der Waals surface area contributed by atoms with Gasteiger partial charge in [0.2, 0.25) is 10.0 Å². The molecule has 0 amide bonds. The number of hydrogen-bond donors (Lipinski definition) is 3. The molecular formula is C9H18N4O2S. The van der Waals surface area contributed by atoms with Crippen molar-refractivity contribution in [3.05, 3.63) is 18.2 Å². The number of sulfonamides is 1. The first kappa shape index (κ1) is 13.1. The Hall–Kier alpha value is -0.920. The third kappa shape index (κ3) is 5.24. The average molecular weight is 246 g/mol. The normalized spacial score (nSPS) is 11.8. The molecular weight excluding hydrogens is 228 g/mol. The summed E-state index contributed by atoms with van der Waals surface area (Å²) >= 11 is 0. The Balaban J connectivity index is 2.15. The first-order valence-corrected chi connectivity index (χ1v) is 6.89. The van der Waals surface area contributed by atoms with Crippen LogP contribution in [0, 0.1) is 0 Å². The van der Waals surface area contributed by atoms with Gasteiger partial charge in [-0.05, 0) is 13.5 Å². The van der Waals surface area contributed by atoms with Crippen LogP contribution in [0.2, 0.25) is 0 Å². The predicted molar refractivity (Wildman–Crippen MR) is 62.6 cm³/mol. The van der Waals surface area contributed by atoms with Crippen LogP contribution in [0.25, 0.3) is 0 Å². The molecule has 0 saturated heterocycles. The smallest absolute Gasteiger partial charge is 0.212 e. The highest BCUT2D eigenvalue weighted by atomic mass is 32.2. The van der Waals surface area contributed by atoms with Crippen molar-refractivity contribution in [1.82, 2.24) is 20.0 Å². The Labute approximate surface area is 95.9 Å². The van der Waals surface area contributed by atoms with Crippen LogP contribution in [0.3, 0.4) is 0 Å². The summed E-state index contributed by atoms with van der Waals surface area (Å²) in [5.41, 5.74) is 0. The standard InChI is InChI=1S/C9H18N4O2S/c1-10-7-8-16(14,15)13-4-2-3-9-11-5-6-12-9/h5-6,10,13H,2-4,7-8H2,1H3,(H,11,12). The Kier molecular flexibility index (Phi) is 5.44. The average Bonchev–Trinajstić information content (AvgIpc) is 2.75. The van der Waals surface area contributed by atoms with E-state index in [1.807, 2.05) is 0 Å². The zero-order valence-electron chi connectivity index (χ0n) is 9.36. The van der Waals surface area contributed by atoms with E-state index in [9.17, 15) is 8.42 Å². The fraction of sp³-hybridized carbons (Fsp3) is 0.667. The van der Waals surface area contributed by atoms with E-state index in [0.29, 0.717) is 13.1 Å². The zero-order valence-corrected chi connectivity index (χ0v) is 10.2. The molecule has 0 spiro atoms. The number of rotatable bonds is 8. The first-order valence-electron chi connectivity index (χ1n) is 5.24. The van der Waals surface area contributed by atoms with Gasteiger partial charge < -0.3 is 10.3 Å². The lowest BCUT2D eigenvalue weighted by Crippen LogP contribution is -2.31. The molecule has 1 aromatic heterocycles. The summed E-state index contributed by atoms with van der Waals surface area (Å²) in [4.78, 5) is 7.03. The predicted octanol–water partition coefficient (Wildman–Crippen LogP) is -0.519. The highest BCUT2D eigenvalue weighted by Gasteiger charge is 2.07. The molecule has 0 aliphatic carbocycles. The number of aromatic nitrogens is 2. The van der Waals surface area contributed by atoms with Gasteiger partial charge in [0, 0.05) is 31.9 Å². The second kappa shape index (κ2) is 6.62. The second-order valence-corrected chi connectivity index (χ2v) is 5.38. The van der Waals surface area contributed by atoms with E-state index < -0.39 is 10.0 Å². The van der Waals surface area contributed by atoms with Crippen LogP contribution >= 0.6 is 0 Å². The molecule has 0 fully saturated rings. The maximum atomic E-state index is 11.4. The van der Waals surface area contributed by atoms with Crippen molar-refractivity contribution >= 4 is 10.0 Å². The summed E-state index contributed by atoms with van der Waals surface area (Å²) in [5.74, 6) is 0.999. The van der Waals surface area contributed by atoms with Gasteiger partial charge in [0.25, 0.3) is 0 Å². The Morgan fingerprint density at radius 2 is 2.25 bits per heavy atom. The van der Waals surface area contributed by atoms with E-state index in [0.717, 1.165) is 18.7 Å². The monoisotopic (exact) mass is 246 g/mol. The Bertz CT molecular complexity index is 374. The van der Waals surface area contributed by atoms with Gasteiger partial charge in [0.05, 0.1) is 5.75 Å². The lowest BCUT2D eigenvalue weighted by molar-refractivity contribution is 0.576. The summed E-state index contributed by atoms with van der Waals surface area (Å²) in [6.45, 7) is 0.917. The van der Waals surface area contributed by atoms with Crippen LogP contribution in [0.4, 0.5) is 0 Å². The molecule has 6 nitrogen and oxygen atoms in total. The number of aromatic amines is 1. The first-order chi connectivity index (χ1) is 7.64. The molecule has 0 radical (unpaired) electrons. The van der Waals surface area contributed by atoms with Crippen molar-refractivity contribution in [2.45, 2.75) is 12.8 Å². The molecule has 1 rings (SSSR count). The minimum Gasteiger partial charge on any atom is -0.349 e. The zero-order chi connectivity index (χ0) is 11.9. The number of nitrogens with one attached hydrogen (secondary N) is 3. The van der Waals surface area contributed by atoms with Crippen LogP contribution in [-0.4, -0.2) is 44.3 Å². The van der Waals surface area contributed by atoms with Crippen LogP contribution < -0.4 is 10.0 Å². The van der Waals surface area contributed by atoms with Gasteiger partial charge in [0.15, 0.2) is 0 Å². The molecule has 1 aromatic rings. The molecule has 0 saturated carbocycles.